The van der Waals surface area contributed by atoms with Crippen LogP contribution in [0.3, 0.4) is 0 Å². The van der Waals surface area contributed by atoms with Crippen molar-refractivity contribution < 1.29 is 42.4 Å². The summed E-state index contributed by atoms with van der Waals surface area (Å²) in [5, 5.41) is 41.9. The van der Waals surface area contributed by atoms with Gasteiger partial charge in [-0.25, -0.2) is 0 Å². The van der Waals surface area contributed by atoms with Crippen LogP contribution in [0.15, 0.2) is 5.16 Å². The molecule has 0 bridgehead atoms. The average molecular weight is 406 g/mol. The predicted molar refractivity (Wildman–Crippen MR) is 87.2 cm³/mol. The lowest BCUT2D eigenvalue weighted by Crippen LogP contribution is -2.57. The molecule has 0 unspecified atom stereocenters. The van der Waals surface area contributed by atoms with Gasteiger partial charge in [0.05, 0.1) is 6.61 Å². The van der Waals surface area contributed by atoms with Crippen LogP contribution in [0.2, 0.25) is 0 Å². The summed E-state index contributed by atoms with van der Waals surface area (Å²) in [6.45, 7) is -0.591. The molecule has 24 heavy (non-hydrogen) atoms. The standard InChI is InChI=1S/C11H21NO9S3/c1-22-4-2-3-7(12-21-24(17,18)19)23-11-10(16)9(15)8(14)6(5-13)20-11/h6,8-11,13-16H,2-5H2,1H3,(H,17,18,19)/p-1/b12-7+/t6-,8-,9+,10-,11+/m1/s1. The first-order valence-corrected chi connectivity index (χ1v) is 10.5. The summed E-state index contributed by atoms with van der Waals surface area (Å²) in [6, 6.07) is 0. The Morgan fingerprint density at radius 3 is 2.50 bits per heavy atom. The van der Waals surface area contributed by atoms with Crippen molar-refractivity contribution >= 4 is 39.0 Å². The van der Waals surface area contributed by atoms with E-state index in [9.17, 15) is 28.3 Å². The predicted octanol–water partition coefficient (Wildman–Crippen LogP) is -1.55. The van der Waals surface area contributed by atoms with Crippen LogP contribution in [0.4, 0.5) is 0 Å². The zero-order valence-corrected chi connectivity index (χ0v) is 15.2. The quantitative estimate of drug-likeness (QED) is 0.0919. The lowest BCUT2D eigenvalue weighted by atomic mass is 10.0. The molecule has 0 aromatic carbocycles. The van der Waals surface area contributed by atoms with E-state index in [0.29, 0.717) is 6.42 Å². The van der Waals surface area contributed by atoms with Gasteiger partial charge in [0, 0.05) is 6.42 Å². The van der Waals surface area contributed by atoms with Gasteiger partial charge in [-0.3, -0.25) is 4.28 Å². The van der Waals surface area contributed by atoms with Gasteiger partial charge in [-0.2, -0.15) is 20.2 Å². The summed E-state index contributed by atoms with van der Waals surface area (Å²) in [6.07, 6.45) is -2.97. The number of nitrogens with zero attached hydrogens (tertiary/aromatic N) is 1. The van der Waals surface area contributed by atoms with Crippen LogP contribution in [-0.2, 0) is 19.4 Å². The molecule has 10 nitrogen and oxygen atoms in total. The van der Waals surface area contributed by atoms with Gasteiger partial charge in [-0.1, -0.05) is 16.9 Å². The molecule has 0 aliphatic carbocycles. The third-order valence-corrected chi connectivity index (χ3v) is 5.20. The largest absolute Gasteiger partial charge is 0.714 e. The molecule has 1 rings (SSSR count). The zero-order valence-electron chi connectivity index (χ0n) is 12.7. The van der Waals surface area contributed by atoms with Gasteiger partial charge in [-0.15, -0.1) is 0 Å². The Kier molecular flexibility index (Phi) is 9.25. The highest BCUT2D eigenvalue weighted by Crippen LogP contribution is 2.30. The van der Waals surface area contributed by atoms with E-state index in [4.69, 9.17) is 9.84 Å². The van der Waals surface area contributed by atoms with Gasteiger partial charge in [0.2, 0.25) is 0 Å². The van der Waals surface area contributed by atoms with E-state index in [1.807, 2.05) is 6.26 Å². The Balaban J connectivity index is 2.82. The molecule has 0 amide bonds. The number of aliphatic hydroxyl groups excluding tert-OH is 4. The first kappa shape index (κ1) is 21.9. The van der Waals surface area contributed by atoms with Crippen molar-refractivity contribution in [1.29, 1.82) is 0 Å². The van der Waals surface area contributed by atoms with E-state index in [1.165, 1.54) is 0 Å². The topological polar surface area (TPSA) is 169 Å². The Bertz CT molecular complexity index is 513. The second-order valence-electron chi connectivity index (χ2n) is 4.88. The maximum absolute atomic E-state index is 10.5. The molecule has 0 spiro atoms. The van der Waals surface area contributed by atoms with Crippen molar-refractivity contribution in [2.75, 3.05) is 18.6 Å². The fourth-order valence-electron chi connectivity index (χ4n) is 1.88. The zero-order chi connectivity index (χ0) is 18.3. The Morgan fingerprint density at radius 2 is 1.96 bits per heavy atom. The van der Waals surface area contributed by atoms with Crippen molar-refractivity contribution in [3.05, 3.63) is 0 Å². The van der Waals surface area contributed by atoms with Gasteiger partial charge < -0.3 is 29.7 Å². The van der Waals surface area contributed by atoms with Crippen LogP contribution in [0.1, 0.15) is 12.8 Å². The summed E-state index contributed by atoms with van der Waals surface area (Å²) in [7, 11) is -5.03. The van der Waals surface area contributed by atoms with E-state index in [2.05, 4.69) is 9.44 Å². The maximum atomic E-state index is 10.5. The van der Waals surface area contributed by atoms with Crippen molar-refractivity contribution in [3.8, 4) is 0 Å². The van der Waals surface area contributed by atoms with Crippen LogP contribution in [-0.4, -0.2) is 86.9 Å². The number of hydrogen-bond donors (Lipinski definition) is 4. The third-order valence-electron chi connectivity index (χ3n) is 3.07. The van der Waals surface area contributed by atoms with Gasteiger partial charge in [0.1, 0.15) is 34.9 Å². The van der Waals surface area contributed by atoms with E-state index in [-0.39, 0.29) is 11.5 Å². The van der Waals surface area contributed by atoms with Gasteiger partial charge >= 0.3 is 0 Å². The third kappa shape index (κ3) is 7.01. The number of oxime groups is 1. The highest BCUT2D eigenvalue weighted by atomic mass is 32.3. The van der Waals surface area contributed by atoms with Gasteiger partial charge in [-0.05, 0) is 18.4 Å². The summed E-state index contributed by atoms with van der Waals surface area (Å²) in [4.78, 5) is 0. The second-order valence-corrected chi connectivity index (χ2v) is 8.00. The Hall–Kier alpha value is -0.120. The summed E-state index contributed by atoms with van der Waals surface area (Å²) >= 11 is 2.29. The molecule has 1 saturated heterocycles. The molecule has 4 N–H and O–H groups in total. The fourth-order valence-corrected chi connectivity index (χ4v) is 3.65. The molecule has 0 aromatic heterocycles. The van der Waals surface area contributed by atoms with Crippen LogP contribution in [0, 0.1) is 0 Å². The molecule has 0 radical (unpaired) electrons. The average Bonchev–Trinajstić information content (AvgIpc) is 2.52. The van der Waals surface area contributed by atoms with E-state index in [0.717, 1.165) is 17.5 Å². The molecule has 0 aromatic rings. The Labute approximate surface area is 148 Å². The summed E-state index contributed by atoms with van der Waals surface area (Å²) in [5.74, 6) is 0.735. The minimum absolute atomic E-state index is 0.0628. The Morgan fingerprint density at radius 1 is 1.29 bits per heavy atom. The molecule has 0 saturated carbocycles. The molecule has 1 aliphatic heterocycles. The lowest BCUT2D eigenvalue weighted by molar-refractivity contribution is -0.205. The molecule has 142 valence electrons. The van der Waals surface area contributed by atoms with Crippen LogP contribution < -0.4 is 0 Å². The van der Waals surface area contributed by atoms with E-state index >= 15 is 0 Å². The lowest BCUT2D eigenvalue weighted by Gasteiger charge is -2.39. The minimum atomic E-state index is -5.03. The molecule has 1 fully saturated rings. The fraction of sp³-hybridized carbons (Fsp3) is 0.909. The van der Waals surface area contributed by atoms with Crippen molar-refractivity contribution in [2.45, 2.75) is 42.7 Å². The first-order chi connectivity index (χ1) is 11.2. The monoisotopic (exact) mass is 406 g/mol. The maximum Gasteiger partial charge on any atom is 0.284 e. The SMILES string of the molecule is CSCCC/C(=N\OS(=O)(=O)[O-])S[C@@H]1O[C@H](CO)[C@@H](O)[C@H](O)[C@H]1O. The molecular formula is C11H20NO9S3-. The van der Waals surface area contributed by atoms with Crippen LogP contribution in [0.5, 0.6) is 0 Å². The summed E-state index contributed by atoms with van der Waals surface area (Å²) < 4.78 is 40.8. The van der Waals surface area contributed by atoms with Crippen molar-refractivity contribution in [1.82, 2.24) is 0 Å². The highest BCUT2D eigenvalue weighted by molar-refractivity contribution is 8.14. The number of rotatable bonds is 8. The molecule has 5 atom stereocenters. The van der Waals surface area contributed by atoms with Crippen LogP contribution >= 0.6 is 23.5 Å². The highest BCUT2D eigenvalue weighted by Gasteiger charge is 2.44. The number of thioether (sulfide) groups is 2. The second kappa shape index (κ2) is 10.1. The summed E-state index contributed by atoms with van der Waals surface area (Å²) in [5.41, 5.74) is -1.13. The number of aliphatic hydroxyl groups is 4. The molecule has 1 heterocycles. The molecule has 13 heteroatoms. The number of hydrogen-bond acceptors (Lipinski definition) is 12. The van der Waals surface area contributed by atoms with E-state index in [1.54, 1.807) is 11.8 Å². The van der Waals surface area contributed by atoms with Gasteiger partial charge in [0.25, 0.3) is 10.4 Å². The van der Waals surface area contributed by atoms with E-state index < -0.39 is 46.9 Å². The van der Waals surface area contributed by atoms with Crippen molar-refractivity contribution in [3.63, 3.8) is 0 Å². The van der Waals surface area contributed by atoms with Gasteiger partial charge in [0.15, 0.2) is 0 Å². The minimum Gasteiger partial charge on any atom is -0.714 e. The molecular weight excluding hydrogens is 386 g/mol. The molecule has 1 aliphatic rings. The van der Waals surface area contributed by atoms with Crippen LogP contribution in [0.25, 0.3) is 0 Å². The normalized spacial score (nSPS) is 31.9. The number of ether oxygens (including phenoxy) is 1. The smallest absolute Gasteiger partial charge is 0.284 e. The first-order valence-electron chi connectivity index (χ1n) is 6.87. The van der Waals surface area contributed by atoms with Crippen molar-refractivity contribution in [2.24, 2.45) is 5.16 Å².